The van der Waals surface area contributed by atoms with E-state index < -0.39 is 5.97 Å². The zero-order chi connectivity index (χ0) is 12.3. The molecular weight excluding hydrogens is 242 g/mol. The van der Waals surface area contributed by atoms with Gasteiger partial charge in [-0.15, -0.1) is 5.10 Å². The molecule has 0 spiro atoms. The molecule has 2 aromatic rings. The molecule has 2 heterocycles. The molecule has 0 unspecified atom stereocenters. The average molecular weight is 251 g/mol. The molecule has 88 valence electrons. The predicted molar refractivity (Wildman–Crippen MR) is 60.4 cm³/mol. The summed E-state index contributed by atoms with van der Waals surface area (Å²) in [4.78, 5) is 22.7. The van der Waals surface area contributed by atoms with Gasteiger partial charge in [-0.1, -0.05) is 11.8 Å². The Hall–Kier alpha value is -1.96. The molecule has 2 rings (SSSR count). The molecule has 0 saturated carbocycles. The third-order valence-corrected chi connectivity index (χ3v) is 2.85. The SMILES string of the molecule is Cn1nc(-c2cnccn2)nc1SCC(=O)O. The molecule has 17 heavy (non-hydrogen) atoms. The summed E-state index contributed by atoms with van der Waals surface area (Å²) in [5.41, 5.74) is 0.560. The summed E-state index contributed by atoms with van der Waals surface area (Å²) in [6.45, 7) is 0. The molecule has 2 aromatic heterocycles. The Morgan fingerprint density at radius 2 is 2.35 bits per heavy atom. The van der Waals surface area contributed by atoms with Gasteiger partial charge in [-0.3, -0.25) is 9.78 Å². The molecule has 0 aliphatic carbocycles. The fourth-order valence-corrected chi connectivity index (χ4v) is 1.78. The number of hydrogen-bond acceptors (Lipinski definition) is 6. The number of aliphatic carboxylic acids is 1. The highest BCUT2D eigenvalue weighted by Gasteiger charge is 2.11. The zero-order valence-corrected chi connectivity index (χ0v) is 9.76. The van der Waals surface area contributed by atoms with Crippen molar-refractivity contribution in [1.29, 1.82) is 0 Å². The van der Waals surface area contributed by atoms with E-state index in [1.807, 2.05) is 0 Å². The minimum atomic E-state index is -0.890. The summed E-state index contributed by atoms with van der Waals surface area (Å²) < 4.78 is 1.53. The van der Waals surface area contributed by atoms with Crippen LogP contribution in [-0.4, -0.2) is 41.6 Å². The maximum atomic E-state index is 10.5. The summed E-state index contributed by atoms with van der Waals surface area (Å²) in [6, 6.07) is 0. The van der Waals surface area contributed by atoms with E-state index in [1.165, 1.54) is 4.68 Å². The Kier molecular flexibility index (Phi) is 3.33. The van der Waals surface area contributed by atoms with Crippen LogP contribution in [0.1, 0.15) is 0 Å². The van der Waals surface area contributed by atoms with Gasteiger partial charge in [0.2, 0.25) is 5.82 Å². The predicted octanol–water partition coefficient (Wildman–Crippen LogP) is 0.449. The first-order valence-electron chi connectivity index (χ1n) is 4.69. The zero-order valence-electron chi connectivity index (χ0n) is 8.94. The lowest BCUT2D eigenvalue weighted by Crippen LogP contribution is -2.00. The fraction of sp³-hybridized carbons (Fsp3) is 0.222. The van der Waals surface area contributed by atoms with Crippen molar-refractivity contribution >= 4 is 17.7 Å². The summed E-state index contributed by atoms with van der Waals surface area (Å²) >= 11 is 1.11. The van der Waals surface area contributed by atoms with Crippen LogP contribution < -0.4 is 0 Å². The molecule has 0 bridgehead atoms. The summed E-state index contributed by atoms with van der Waals surface area (Å²) in [6.07, 6.45) is 4.67. The van der Waals surface area contributed by atoms with Crippen LogP contribution >= 0.6 is 11.8 Å². The summed E-state index contributed by atoms with van der Waals surface area (Å²) in [7, 11) is 1.71. The molecule has 0 aromatic carbocycles. The number of thioether (sulfide) groups is 1. The van der Waals surface area contributed by atoms with Crippen molar-refractivity contribution in [3.05, 3.63) is 18.6 Å². The van der Waals surface area contributed by atoms with Gasteiger partial charge in [-0.05, 0) is 0 Å². The Bertz CT molecular complexity index is 527. The molecule has 1 N–H and O–H groups in total. The van der Waals surface area contributed by atoms with Crippen LogP contribution in [0.2, 0.25) is 0 Å². The third-order valence-electron chi connectivity index (χ3n) is 1.84. The smallest absolute Gasteiger partial charge is 0.313 e. The lowest BCUT2D eigenvalue weighted by atomic mass is 10.4. The van der Waals surface area contributed by atoms with E-state index in [0.717, 1.165) is 11.8 Å². The van der Waals surface area contributed by atoms with Crippen molar-refractivity contribution in [2.45, 2.75) is 5.16 Å². The molecule has 8 heteroatoms. The molecular formula is C9H9N5O2S. The summed E-state index contributed by atoms with van der Waals surface area (Å²) in [5, 5.41) is 13.3. The van der Waals surface area contributed by atoms with Crippen LogP contribution in [-0.2, 0) is 11.8 Å². The number of aryl methyl sites for hydroxylation is 1. The first-order chi connectivity index (χ1) is 8.16. The van der Waals surface area contributed by atoms with Crippen molar-refractivity contribution in [2.24, 2.45) is 7.05 Å². The molecule has 0 amide bonds. The van der Waals surface area contributed by atoms with Gasteiger partial charge < -0.3 is 5.11 Å². The topological polar surface area (TPSA) is 93.8 Å². The molecule has 0 atom stereocenters. The third kappa shape index (κ3) is 2.78. The summed E-state index contributed by atoms with van der Waals surface area (Å²) in [5.74, 6) is -0.501. The van der Waals surface area contributed by atoms with E-state index in [4.69, 9.17) is 5.11 Å². The highest BCUT2D eigenvalue weighted by Crippen LogP contribution is 2.18. The lowest BCUT2D eigenvalue weighted by Gasteiger charge is -1.94. The normalized spacial score (nSPS) is 10.4. The van der Waals surface area contributed by atoms with E-state index in [1.54, 1.807) is 25.6 Å². The minimum Gasteiger partial charge on any atom is -0.481 e. The van der Waals surface area contributed by atoms with E-state index >= 15 is 0 Å². The Labute approximate surface area is 101 Å². The van der Waals surface area contributed by atoms with Crippen LogP contribution in [0.15, 0.2) is 23.7 Å². The van der Waals surface area contributed by atoms with E-state index in [0.29, 0.717) is 16.7 Å². The van der Waals surface area contributed by atoms with Crippen molar-refractivity contribution in [1.82, 2.24) is 24.7 Å². The quantitative estimate of drug-likeness (QED) is 0.788. The molecule has 0 radical (unpaired) electrons. The van der Waals surface area contributed by atoms with Gasteiger partial charge in [0.15, 0.2) is 5.16 Å². The highest BCUT2D eigenvalue weighted by atomic mass is 32.2. The number of nitrogens with zero attached hydrogens (tertiary/aromatic N) is 5. The van der Waals surface area contributed by atoms with Crippen molar-refractivity contribution in [3.63, 3.8) is 0 Å². The maximum absolute atomic E-state index is 10.5. The number of hydrogen-bond donors (Lipinski definition) is 1. The number of carboxylic acids is 1. The van der Waals surface area contributed by atoms with Crippen molar-refractivity contribution in [2.75, 3.05) is 5.75 Å². The average Bonchev–Trinajstić information content (AvgIpc) is 2.69. The number of aromatic nitrogens is 5. The van der Waals surface area contributed by atoms with Gasteiger partial charge in [-0.2, -0.15) is 4.98 Å². The molecule has 7 nitrogen and oxygen atoms in total. The monoisotopic (exact) mass is 251 g/mol. The standard InChI is InChI=1S/C9H9N5O2S/c1-14-9(17-5-7(15)16)12-8(13-14)6-4-10-2-3-11-6/h2-4H,5H2,1H3,(H,15,16). The van der Waals surface area contributed by atoms with Gasteiger partial charge in [0, 0.05) is 19.4 Å². The molecule has 0 saturated heterocycles. The highest BCUT2D eigenvalue weighted by molar-refractivity contribution is 7.99. The van der Waals surface area contributed by atoms with Gasteiger partial charge in [-0.25, -0.2) is 9.67 Å². The maximum Gasteiger partial charge on any atom is 0.313 e. The lowest BCUT2D eigenvalue weighted by molar-refractivity contribution is -0.133. The first-order valence-corrected chi connectivity index (χ1v) is 5.67. The van der Waals surface area contributed by atoms with E-state index in [2.05, 4.69) is 20.1 Å². The van der Waals surface area contributed by atoms with Crippen molar-refractivity contribution in [3.8, 4) is 11.5 Å². The minimum absolute atomic E-state index is 0.0492. The molecule has 0 aliphatic rings. The van der Waals surface area contributed by atoms with Gasteiger partial charge in [0.05, 0.1) is 11.9 Å². The second kappa shape index (κ2) is 4.91. The number of carbonyl (C=O) groups is 1. The fourth-order valence-electron chi connectivity index (χ4n) is 1.15. The number of carboxylic acid groups (broad SMARTS) is 1. The van der Waals surface area contributed by atoms with Crippen LogP contribution in [0.25, 0.3) is 11.5 Å². The second-order valence-electron chi connectivity index (χ2n) is 3.11. The Morgan fingerprint density at radius 3 is 3.00 bits per heavy atom. The van der Waals surface area contributed by atoms with Gasteiger partial charge in [0.1, 0.15) is 5.69 Å². The van der Waals surface area contributed by atoms with Crippen LogP contribution in [0.3, 0.4) is 0 Å². The molecule has 0 fully saturated rings. The van der Waals surface area contributed by atoms with Crippen LogP contribution in [0.5, 0.6) is 0 Å². The van der Waals surface area contributed by atoms with Crippen molar-refractivity contribution < 1.29 is 9.90 Å². The van der Waals surface area contributed by atoms with Gasteiger partial charge >= 0.3 is 5.97 Å². The van der Waals surface area contributed by atoms with E-state index in [-0.39, 0.29) is 5.75 Å². The largest absolute Gasteiger partial charge is 0.481 e. The Balaban J connectivity index is 2.22. The van der Waals surface area contributed by atoms with Crippen LogP contribution in [0, 0.1) is 0 Å². The molecule has 0 aliphatic heterocycles. The Morgan fingerprint density at radius 1 is 1.53 bits per heavy atom. The van der Waals surface area contributed by atoms with Crippen LogP contribution in [0.4, 0.5) is 0 Å². The second-order valence-corrected chi connectivity index (χ2v) is 4.06. The number of rotatable bonds is 4. The van der Waals surface area contributed by atoms with Gasteiger partial charge in [0.25, 0.3) is 0 Å². The first kappa shape index (κ1) is 11.5. The van der Waals surface area contributed by atoms with E-state index in [9.17, 15) is 4.79 Å².